The van der Waals surface area contributed by atoms with Crippen molar-refractivity contribution in [3.63, 3.8) is 0 Å². The molecule has 0 spiro atoms. The fourth-order valence-corrected chi connectivity index (χ4v) is 4.40. The standard InChI is InChI=1S/C26H36N4O2/c31-24(20-29-14-5-1-2-6-15-29)21-32-25-11-7-9-22(17-25)18-27-13-8-16-30-26-12-4-3-10-23(26)19-28-30/h3-4,7,9-12,17,19,24,27,31H,1-2,5-6,8,13-16,18,20-21H2. The Bertz CT molecular complexity index is 950. The molecule has 1 aromatic heterocycles. The van der Waals surface area contributed by atoms with Crippen LogP contribution in [0.4, 0.5) is 0 Å². The second-order valence-electron chi connectivity index (χ2n) is 8.78. The number of nitrogens with zero attached hydrogens (tertiary/aromatic N) is 3. The molecule has 1 fully saturated rings. The van der Waals surface area contributed by atoms with Gasteiger partial charge in [-0.15, -0.1) is 0 Å². The van der Waals surface area contributed by atoms with E-state index in [1.807, 2.05) is 24.4 Å². The van der Waals surface area contributed by atoms with Crippen LogP contribution in [0.5, 0.6) is 5.75 Å². The summed E-state index contributed by atoms with van der Waals surface area (Å²) < 4.78 is 7.95. The molecule has 0 bridgehead atoms. The highest BCUT2D eigenvalue weighted by Gasteiger charge is 2.14. The zero-order valence-corrected chi connectivity index (χ0v) is 19.0. The van der Waals surface area contributed by atoms with Crippen LogP contribution in [0.2, 0.25) is 0 Å². The molecule has 1 unspecified atom stereocenters. The Morgan fingerprint density at radius 1 is 1.03 bits per heavy atom. The van der Waals surface area contributed by atoms with E-state index in [0.717, 1.165) is 44.9 Å². The summed E-state index contributed by atoms with van der Waals surface area (Å²) in [6.45, 7) is 5.85. The maximum absolute atomic E-state index is 10.4. The molecule has 1 aliphatic heterocycles. The monoisotopic (exact) mass is 436 g/mol. The van der Waals surface area contributed by atoms with Gasteiger partial charge >= 0.3 is 0 Å². The summed E-state index contributed by atoms with van der Waals surface area (Å²) in [5.74, 6) is 0.822. The lowest BCUT2D eigenvalue weighted by Gasteiger charge is -2.23. The van der Waals surface area contributed by atoms with Crippen LogP contribution < -0.4 is 10.1 Å². The molecule has 0 amide bonds. The van der Waals surface area contributed by atoms with Crippen LogP contribution in [0.3, 0.4) is 0 Å². The number of β-amino-alcohol motifs (C(OH)–C–C–N with tert-alkyl or cyclic N) is 1. The first-order chi connectivity index (χ1) is 15.8. The molecule has 6 nitrogen and oxygen atoms in total. The van der Waals surface area contributed by atoms with Crippen molar-refractivity contribution in [1.29, 1.82) is 0 Å². The number of aliphatic hydroxyl groups excluding tert-OH is 1. The quantitative estimate of drug-likeness (QED) is 0.447. The number of aromatic nitrogens is 2. The van der Waals surface area contributed by atoms with Crippen molar-refractivity contribution < 1.29 is 9.84 Å². The normalized spacial score (nSPS) is 16.2. The minimum Gasteiger partial charge on any atom is -0.491 e. The van der Waals surface area contributed by atoms with Gasteiger partial charge in [0.05, 0.1) is 11.7 Å². The van der Waals surface area contributed by atoms with Crippen LogP contribution in [0, 0.1) is 0 Å². The molecule has 1 atom stereocenters. The first-order valence-corrected chi connectivity index (χ1v) is 12.0. The van der Waals surface area contributed by atoms with Gasteiger partial charge in [-0.2, -0.15) is 5.10 Å². The van der Waals surface area contributed by atoms with Crippen molar-refractivity contribution in [3.8, 4) is 5.75 Å². The average molecular weight is 437 g/mol. The topological polar surface area (TPSA) is 62.6 Å². The van der Waals surface area contributed by atoms with Gasteiger partial charge < -0.3 is 20.1 Å². The highest BCUT2D eigenvalue weighted by atomic mass is 16.5. The first kappa shape index (κ1) is 22.8. The summed E-state index contributed by atoms with van der Waals surface area (Å²) in [5.41, 5.74) is 2.38. The summed E-state index contributed by atoms with van der Waals surface area (Å²) in [7, 11) is 0. The Hall–Kier alpha value is -2.41. The van der Waals surface area contributed by atoms with Gasteiger partial charge in [0.2, 0.25) is 0 Å². The maximum atomic E-state index is 10.4. The van der Waals surface area contributed by atoms with Crippen molar-refractivity contribution in [1.82, 2.24) is 20.0 Å². The van der Waals surface area contributed by atoms with E-state index in [9.17, 15) is 5.11 Å². The van der Waals surface area contributed by atoms with Gasteiger partial charge in [-0.05, 0) is 62.7 Å². The van der Waals surface area contributed by atoms with E-state index < -0.39 is 6.10 Å². The smallest absolute Gasteiger partial charge is 0.119 e. The summed E-state index contributed by atoms with van der Waals surface area (Å²) in [4.78, 5) is 2.37. The number of aryl methyl sites for hydroxylation is 1. The molecular formula is C26H36N4O2. The predicted octanol–water partition coefficient (Wildman–Crippen LogP) is 3.83. The fraction of sp³-hybridized carbons (Fsp3) is 0.500. The minimum atomic E-state index is -0.451. The maximum Gasteiger partial charge on any atom is 0.119 e. The summed E-state index contributed by atoms with van der Waals surface area (Å²) in [5, 5.41) is 19.6. The third-order valence-corrected chi connectivity index (χ3v) is 6.11. The number of para-hydroxylation sites is 1. The molecule has 32 heavy (non-hydrogen) atoms. The van der Waals surface area contributed by atoms with Crippen LogP contribution in [-0.4, -0.2) is 58.7 Å². The van der Waals surface area contributed by atoms with Gasteiger partial charge in [0.1, 0.15) is 18.5 Å². The number of rotatable bonds is 11. The Balaban J connectivity index is 1.15. The summed E-state index contributed by atoms with van der Waals surface area (Å²) in [6, 6.07) is 16.5. The highest BCUT2D eigenvalue weighted by molar-refractivity contribution is 5.78. The number of ether oxygens (including phenoxy) is 1. The van der Waals surface area contributed by atoms with Crippen molar-refractivity contribution in [2.75, 3.05) is 32.8 Å². The van der Waals surface area contributed by atoms with Crippen LogP contribution in [-0.2, 0) is 13.1 Å². The van der Waals surface area contributed by atoms with Gasteiger partial charge in [0.25, 0.3) is 0 Å². The number of hydrogen-bond acceptors (Lipinski definition) is 5. The molecule has 6 heteroatoms. The minimum absolute atomic E-state index is 0.339. The average Bonchev–Trinajstić information content (AvgIpc) is 3.05. The van der Waals surface area contributed by atoms with Gasteiger partial charge in [-0.3, -0.25) is 4.68 Å². The van der Waals surface area contributed by atoms with Gasteiger partial charge in [-0.25, -0.2) is 0 Å². The molecule has 0 radical (unpaired) electrons. The number of benzene rings is 2. The van der Waals surface area contributed by atoms with Gasteiger partial charge in [0, 0.05) is 25.0 Å². The number of aliphatic hydroxyl groups is 1. The third-order valence-electron chi connectivity index (χ3n) is 6.11. The second-order valence-corrected chi connectivity index (χ2v) is 8.78. The Kier molecular flexibility index (Phi) is 8.54. The lowest BCUT2D eigenvalue weighted by Crippen LogP contribution is -2.36. The van der Waals surface area contributed by atoms with Crippen molar-refractivity contribution in [3.05, 3.63) is 60.3 Å². The molecule has 0 saturated carbocycles. The molecule has 1 aliphatic rings. The van der Waals surface area contributed by atoms with E-state index in [1.54, 1.807) is 0 Å². The molecule has 2 heterocycles. The molecule has 2 aromatic carbocycles. The van der Waals surface area contributed by atoms with Crippen molar-refractivity contribution in [2.45, 2.75) is 51.3 Å². The van der Waals surface area contributed by atoms with Crippen molar-refractivity contribution in [2.24, 2.45) is 0 Å². The summed E-state index contributed by atoms with van der Waals surface area (Å²) in [6.07, 6.45) is 7.59. The van der Waals surface area contributed by atoms with Crippen LogP contribution >= 0.6 is 0 Å². The molecule has 4 rings (SSSR count). The predicted molar refractivity (Wildman–Crippen MR) is 129 cm³/mol. The number of nitrogens with one attached hydrogen (secondary N) is 1. The SMILES string of the molecule is OC(COc1cccc(CNCCCn2ncc3ccccc32)c1)CN1CCCCCC1. The zero-order chi connectivity index (χ0) is 22.0. The first-order valence-electron chi connectivity index (χ1n) is 12.0. The van der Waals surface area contributed by atoms with Crippen LogP contribution in [0.1, 0.15) is 37.7 Å². The number of hydrogen-bond donors (Lipinski definition) is 2. The fourth-order valence-electron chi connectivity index (χ4n) is 4.40. The molecular weight excluding hydrogens is 400 g/mol. The van der Waals surface area contributed by atoms with E-state index in [4.69, 9.17) is 4.74 Å². The van der Waals surface area contributed by atoms with Crippen LogP contribution in [0.15, 0.2) is 54.7 Å². The Labute approximate surface area is 191 Å². The Morgan fingerprint density at radius 2 is 1.88 bits per heavy atom. The number of likely N-dealkylation sites (tertiary alicyclic amines) is 1. The molecule has 2 N–H and O–H groups in total. The third kappa shape index (κ3) is 6.79. The number of fused-ring (bicyclic) bond motifs is 1. The Morgan fingerprint density at radius 3 is 2.75 bits per heavy atom. The lowest BCUT2D eigenvalue weighted by molar-refractivity contribution is 0.0693. The molecule has 172 valence electrons. The zero-order valence-electron chi connectivity index (χ0n) is 19.0. The van der Waals surface area contributed by atoms with E-state index in [-0.39, 0.29) is 0 Å². The second kappa shape index (κ2) is 12.0. The molecule has 3 aromatic rings. The van der Waals surface area contributed by atoms with E-state index in [2.05, 4.69) is 50.3 Å². The van der Waals surface area contributed by atoms with Crippen LogP contribution in [0.25, 0.3) is 10.9 Å². The van der Waals surface area contributed by atoms with Crippen molar-refractivity contribution >= 4 is 10.9 Å². The van der Waals surface area contributed by atoms with E-state index >= 15 is 0 Å². The molecule has 1 saturated heterocycles. The van der Waals surface area contributed by atoms with E-state index in [1.165, 1.54) is 42.1 Å². The summed E-state index contributed by atoms with van der Waals surface area (Å²) >= 11 is 0. The molecule has 0 aliphatic carbocycles. The van der Waals surface area contributed by atoms with Gasteiger partial charge in [0.15, 0.2) is 0 Å². The largest absolute Gasteiger partial charge is 0.491 e. The van der Waals surface area contributed by atoms with Gasteiger partial charge in [-0.1, -0.05) is 43.2 Å². The highest BCUT2D eigenvalue weighted by Crippen LogP contribution is 2.15. The lowest BCUT2D eigenvalue weighted by atomic mass is 10.2. The van der Waals surface area contributed by atoms with E-state index in [0.29, 0.717) is 13.2 Å².